The van der Waals surface area contributed by atoms with Gasteiger partial charge >= 0.3 is 0 Å². The van der Waals surface area contributed by atoms with Crippen molar-refractivity contribution >= 4 is 21.4 Å². The molecular formula is C13H19N3O2S2. The lowest BCUT2D eigenvalue weighted by Crippen LogP contribution is -2.33. The van der Waals surface area contributed by atoms with E-state index in [1.165, 1.54) is 16.0 Å². The van der Waals surface area contributed by atoms with Crippen molar-refractivity contribution in [3.8, 4) is 0 Å². The van der Waals surface area contributed by atoms with Crippen LogP contribution in [0.15, 0.2) is 29.3 Å². The number of aromatic amines is 1. The number of hydrogen-bond donors (Lipinski definition) is 3. The van der Waals surface area contributed by atoms with Gasteiger partial charge in [-0.3, -0.25) is 0 Å². The molecule has 20 heavy (non-hydrogen) atoms. The summed E-state index contributed by atoms with van der Waals surface area (Å²) in [6.45, 7) is 4.19. The molecule has 4 N–H and O–H groups in total. The number of hydrogen-bond acceptors (Lipinski definition) is 4. The minimum absolute atomic E-state index is 0.158. The van der Waals surface area contributed by atoms with E-state index in [1.807, 2.05) is 26.0 Å². The van der Waals surface area contributed by atoms with Crippen molar-refractivity contribution in [2.45, 2.75) is 37.8 Å². The van der Waals surface area contributed by atoms with Crippen molar-refractivity contribution in [1.82, 2.24) is 9.71 Å². The third-order valence-corrected chi connectivity index (χ3v) is 5.50. The molecule has 0 saturated carbocycles. The van der Waals surface area contributed by atoms with Crippen molar-refractivity contribution in [2.75, 3.05) is 0 Å². The molecule has 0 fully saturated rings. The van der Waals surface area contributed by atoms with E-state index in [1.54, 1.807) is 17.4 Å². The summed E-state index contributed by atoms with van der Waals surface area (Å²) in [4.78, 5) is 5.48. The van der Waals surface area contributed by atoms with Gasteiger partial charge in [0.25, 0.3) is 0 Å². The first-order valence-corrected chi connectivity index (χ1v) is 8.65. The smallest absolute Gasteiger partial charge is 0.242 e. The molecule has 0 bridgehead atoms. The molecule has 110 valence electrons. The van der Waals surface area contributed by atoms with Gasteiger partial charge in [-0.05, 0) is 38.5 Å². The van der Waals surface area contributed by atoms with Crippen molar-refractivity contribution in [1.29, 1.82) is 0 Å². The van der Waals surface area contributed by atoms with Crippen LogP contribution in [-0.4, -0.2) is 19.4 Å². The highest BCUT2D eigenvalue weighted by molar-refractivity contribution is 7.89. The molecule has 2 rings (SSSR count). The molecule has 0 aliphatic carbocycles. The fourth-order valence-corrected chi connectivity index (χ4v) is 4.24. The largest absolute Gasteiger partial charge is 0.363 e. The number of H-pyrrole nitrogens is 1. The van der Waals surface area contributed by atoms with E-state index in [4.69, 9.17) is 5.73 Å². The maximum Gasteiger partial charge on any atom is 0.242 e. The average Bonchev–Trinajstić information content (AvgIpc) is 2.97. The monoisotopic (exact) mass is 313 g/mol. The fourth-order valence-electron chi connectivity index (χ4n) is 1.96. The van der Waals surface area contributed by atoms with Crippen molar-refractivity contribution in [2.24, 2.45) is 5.73 Å². The Morgan fingerprint density at radius 2 is 2.20 bits per heavy atom. The van der Waals surface area contributed by atoms with E-state index in [9.17, 15) is 8.42 Å². The maximum absolute atomic E-state index is 12.2. The Labute approximate surface area is 123 Å². The van der Waals surface area contributed by atoms with Crippen molar-refractivity contribution < 1.29 is 8.42 Å². The molecule has 0 saturated heterocycles. The van der Waals surface area contributed by atoms with Crippen LogP contribution in [0.2, 0.25) is 0 Å². The van der Waals surface area contributed by atoms with Crippen molar-refractivity contribution in [3.63, 3.8) is 0 Å². The summed E-state index contributed by atoms with van der Waals surface area (Å²) < 4.78 is 27.1. The van der Waals surface area contributed by atoms with Gasteiger partial charge in [0.05, 0.1) is 4.90 Å². The van der Waals surface area contributed by atoms with Gasteiger partial charge in [-0.2, -0.15) is 0 Å². The van der Waals surface area contributed by atoms with Crippen LogP contribution in [-0.2, 0) is 23.0 Å². The molecule has 2 aromatic heterocycles. The second-order valence-electron chi connectivity index (χ2n) is 4.80. The molecule has 0 radical (unpaired) electrons. The van der Waals surface area contributed by atoms with Gasteiger partial charge in [0.15, 0.2) is 0 Å². The predicted octanol–water partition coefficient (Wildman–Crippen LogP) is 1.75. The highest BCUT2D eigenvalue weighted by Crippen LogP contribution is 2.18. The Morgan fingerprint density at radius 1 is 1.45 bits per heavy atom. The molecule has 2 heterocycles. The fraction of sp³-hybridized carbons (Fsp3) is 0.385. The lowest BCUT2D eigenvalue weighted by Gasteiger charge is -2.12. The molecule has 0 amide bonds. The Hall–Kier alpha value is -1.15. The van der Waals surface area contributed by atoms with E-state index in [0.717, 1.165) is 0 Å². The van der Waals surface area contributed by atoms with Crippen LogP contribution >= 0.6 is 11.3 Å². The summed E-state index contributed by atoms with van der Waals surface area (Å²) in [5.74, 6) is 0. The zero-order valence-electron chi connectivity index (χ0n) is 11.5. The molecule has 1 atom stereocenters. The molecule has 0 aliphatic rings. The van der Waals surface area contributed by atoms with E-state index < -0.39 is 10.0 Å². The van der Waals surface area contributed by atoms with Gasteiger partial charge in [-0.15, -0.1) is 11.3 Å². The highest BCUT2D eigenvalue weighted by atomic mass is 32.2. The minimum atomic E-state index is -3.49. The second kappa shape index (κ2) is 6.09. The Balaban J connectivity index is 2.04. The SMILES string of the molecule is Cc1ccc(CC(C)NS(=O)(=O)c2c[nH]c(CN)c2)s1. The first-order chi connectivity index (χ1) is 9.40. The van der Waals surface area contributed by atoms with Crippen LogP contribution in [0.3, 0.4) is 0 Å². The molecule has 2 aromatic rings. The molecule has 7 heteroatoms. The summed E-state index contributed by atoms with van der Waals surface area (Å²) >= 11 is 1.69. The maximum atomic E-state index is 12.2. The second-order valence-corrected chi connectivity index (χ2v) is 7.89. The number of thiophene rings is 1. The lowest BCUT2D eigenvalue weighted by molar-refractivity contribution is 0.561. The van der Waals surface area contributed by atoms with Crippen LogP contribution in [0.4, 0.5) is 0 Å². The van der Waals surface area contributed by atoms with Crippen LogP contribution in [0.5, 0.6) is 0 Å². The summed E-state index contributed by atoms with van der Waals surface area (Å²) in [6, 6.07) is 5.48. The standard InChI is InChI=1S/C13H19N3O2S2/c1-9(5-12-4-3-10(2)19-12)16-20(17,18)13-6-11(7-14)15-8-13/h3-4,6,8-9,15-16H,5,7,14H2,1-2H3. The number of sulfonamides is 1. The quantitative estimate of drug-likeness (QED) is 0.759. The van der Waals surface area contributed by atoms with E-state index in [-0.39, 0.29) is 10.9 Å². The summed E-state index contributed by atoms with van der Waals surface area (Å²) in [5.41, 5.74) is 6.17. The Bertz CT molecular complexity index is 673. The number of rotatable bonds is 6. The first-order valence-electron chi connectivity index (χ1n) is 6.35. The third-order valence-electron chi connectivity index (χ3n) is 2.91. The molecular weight excluding hydrogens is 294 g/mol. The zero-order chi connectivity index (χ0) is 14.8. The van der Waals surface area contributed by atoms with Crippen LogP contribution < -0.4 is 10.5 Å². The topological polar surface area (TPSA) is 88.0 Å². The van der Waals surface area contributed by atoms with Gasteiger partial charge in [-0.25, -0.2) is 13.1 Å². The van der Waals surface area contributed by atoms with Crippen LogP contribution in [0.25, 0.3) is 0 Å². The van der Waals surface area contributed by atoms with Gasteiger partial charge in [0, 0.05) is 34.2 Å². The molecule has 0 aromatic carbocycles. The summed E-state index contributed by atoms with van der Waals surface area (Å²) in [6.07, 6.45) is 2.15. The zero-order valence-corrected chi connectivity index (χ0v) is 13.1. The Kier molecular flexibility index (Phi) is 4.64. The molecule has 0 spiro atoms. The van der Waals surface area contributed by atoms with Crippen LogP contribution in [0, 0.1) is 6.92 Å². The molecule has 0 aliphatic heterocycles. The predicted molar refractivity (Wildman–Crippen MR) is 81.2 cm³/mol. The summed E-state index contributed by atoms with van der Waals surface area (Å²) in [5, 5.41) is 0. The van der Waals surface area contributed by atoms with E-state index >= 15 is 0 Å². The number of nitrogens with two attached hydrogens (primary N) is 1. The molecule has 1 unspecified atom stereocenters. The molecule has 5 nitrogen and oxygen atoms in total. The number of nitrogens with one attached hydrogen (secondary N) is 2. The minimum Gasteiger partial charge on any atom is -0.363 e. The third kappa shape index (κ3) is 3.69. The van der Waals surface area contributed by atoms with Crippen molar-refractivity contribution in [3.05, 3.63) is 39.8 Å². The lowest BCUT2D eigenvalue weighted by atomic mass is 10.2. The van der Waals surface area contributed by atoms with E-state index in [0.29, 0.717) is 18.7 Å². The van der Waals surface area contributed by atoms with Gasteiger partial charge < -0.3 is 10.7 Å². The first kappa shape index (κ1) is 15.2. The number of aromatic nitrogens is 1. The highest BCUT2D eigenvalue weighted by Gasteiger charge is 2.19. The number of aryl methyl sites for hydroxylation is 1. The van der Waals surface area contributed by atoms with Gasteiger partial charge in [0.1, 0.15) is 0 Å². The Morgan fingerprint density at radius 3 is 2.75 bits per heavy atom. The summed E-state index contributed by atoms with van der Waals surface area (Å²) in [7, 11) is -3.49. The van der Waals surface area contributed by atoms with Gasteiger partial charge in [-0.1, -0.05) is 0 Å². The van der Waals surface area contributed by atoms with Crippen LogP contribution in [0.1, 0.15) is 22.4 Å². The van der Waals surface area contributed by atoms with Gasteiger partial charge in [0.2, 0.25) is 10.0 Å². The average molecular weight is 313 g/mol. The van der Waals surface area contributed by atoms with E-state index in [2.05, 4.69) is 9.71 Å². The normalized spacial score (nSPS) is 13.6.